The highest BCUT2D eigenvalue weighted by atomic mass is 15.0. The van der Waals surface area contributed by atoms with Gasteiger partial charge < -0.3 is 16.8 Å². The van der Waals surface area contributed by atoms with Crippen LogP contribution in [0.15, 0.2) is 23.2 Å². The molecule has 92 valence electrons. The Morgan fingerprint density at radius 3 is 2.82 bits per heavy atom. The Hall–Kier alpha value is -1.55. The SMILES string of the molecule is CNCc1ccc2c(c1)C[C@H](CN=C(N)N)C2. The number of rotatable bonds is 4. The second-order valence-corrected chi connectivity index (χ2v) is 4.67. The highest BCUT2D eigenvalue weighted by molar-refractivity contribution is 5.75. The number of hydrogen-bond donors (Lipinski definition) is 3. The zero-order valence-electron chi connectivity index (χ0n) is 10.2. The molecule has 0 saturated heterocycles. The Morgan fingerprint density at radius 2 is 2.12 bits per heavy atom. The van der Waals surface area contributed by atoms with Crippen LogP contribution in [-0.2, 0) is 19.4 Å². The molecule has 0 saturated carbocycles. The first-order valence-electron chi connectivity index (χ1n) is 5.99. The Kier molecular flexibility index (Phi) is 3.64. The highest BCUT2D eigenvalue weighted by Crippen LogP contribution is 2.27. The molecule has 2 rings (SSSR count). The second-order valence-electron chi connectivity index (χ2n) is 4.67. The number of nitrogens with two attached hydrogens (primary N) is 2. The molecule has 0 unspecified atom stereocenters. The van der Waals surface area contributed by atoms with Gasteiger partial charge in [-0.05, 0) is 42.5 Å². The predicted octanol–water partition coefficient (Wildman–Crippen LogP) is 0.394. The molecule has 0 radical (unpaired) electrons. The van der Waals surface area contributed by atoms with Crippen LogP contribution in [0.1, 0.15) is 16.7 Å². The lowest BCUT2D eigenvalue weighted by molar-refractivity contribution is 0.576. The van der Waals surface area contributed by atoms with Gasteiger partial charge in [-0.25, -0.2) is 0 Å². The first-order chi connectivity index (χ1) is 8.19. The molecule has 0 aromatic heterocycles. The smallest absolute Gasteiger partial charge is 0.185 e. The van der Waals surface area contributed by atoms with E-state index in [2.05, 4.69) is 28.5 Å². The van der Waals surface area contributed by atoms with Gasteiger partial charge in [-0.2, -0.15) is 0 Å². The minimum Gasteiger partial charge on any atom is -0.370 e. The molecule has 0 spiro atoms. The molecule has 4 nitrogen and oxygen atoms in total. The summed E-state index contributed by atoms with van der Waals surface area (Å²) in [4.78, 5) is 4.11. The van der Waals surface area contributed by atoms with E-state index >= 15 is 0 Å². The lowest BCUT2D eigenvalue weighted by atomic mass is 10.1. The monoisotopic (exact) mass is 232 g/mol. The standard InChI is InChI=1S/C13H20N4/c1-16-7-9-2-3-11-5-10(6-12(11)4-9)8-17-13(14)15/h2-4,10,16H,5-8H2,1H3,(H4,14,15,17)/t10-/m1/s1. The van der Waals surface area contributed by atoms with Crippen molar-refractivity contribution in [1.29, 1.82) is 0 Å². The van der Waals surface area contributed by atoms with Crippen molar-refractivity contribution >= 4 is 5.96 Å². The molecule has 17 heavy (non-hydrogen) atoms. The average molecular weight is 232 g/mol. The summed E-state index contributed by atoms with van der Waals surface area (Å²) in [6.45, 7) is 1.66. The lowest BCUT2D eigenvalue weighted by Gasteiger charge is -2.04. The van der Waals surface area contributed by atoms with Gasteiger partial charge in [0.2, 0.25) is 0 Å². The summed E-state index contributed by atoms with van der Waals surface area (Å²) in [6.07, 6.45) is 2.18. The third-order valence-corrected chi connectivity index (χ3v) is 3.20. The van der Waals surface area contributed by atoms with Crippen LogP contribution in [0.3, 0.4) is 0 Å². The Labute approximate surface area is 102 Å². The van der Waals surface area contributed by atoms with Crippen molar-refractivity contribution in [3.05, 3.63) is 34.9 Å². The van der Waals surface area contributed by atoms with Crippen LogP contribution in [0, 0.1) is 5.92 Å². The summed E-state index contributed by atoms with van der Waals surface area (Å²) >= 11 is 0. The number of benzene rings is 1. The molecule has 1 aromatic rings. The number of nitrogens with one attached hydrogen (secondary N) is 1. The molecule has 1 aromatic carbocycles. The van der Waals surface area contributed by atoms with Crippen molar-refractivity contribution in [2.45, 2.75) is 19.4 Å². The van der Waals surface area contributed by atoms with Crippen LogP contribution in [0.4, 0.5) is 0 Å². The van der Waals surface area contributed by atoms with E-state index in [0.29, 0.717) is 5.92 Å². The lowest BCUT2D eigenvalue weighted by Crippen LogP contribution is -2.24. The Balaban J connectivity index is 2.03. The minimum atomic E-state index is 0.192. The summed E-state index contributed by atoms with van der Waals surface area (Å²) in [7, 11) is 1.97. The van der Waals surface area contributed by atoms with Gasteiger partial charge in [-0.15, -0.1) is 0 Å². The maximum absolute atomic E-state index is 5.36. The number of fused-ring (bicyclic) bond motifs is 1. The van der Waals surface area contributed by atoms with E-state index in [0.717, 1.165) is 25.9 Å². The van der Waals surface area contributed by atoms with E-state index in [-0.39, 0.29) is 5.96 Å². The summed E-state index contributed by atoms with van der Waals surface area (Å²) in [5, 5.41) is 3.17. The van der Waals surface area contributed by atoms with Crippen molar-refractivity contribution in [1.82, 2.24) is 5.32 Å². The molecule has 0 heterocycles. The number of hydrogen-bond acceptors (Lipinski definition) is 2. The van der Waals surface area contributed by atoms with Crippen molar-refractivity contribution < 1.29 is 0 Å². The van der Waals surface area contributed by atoms with Crippen LogP contribution < -0.4 is 16.8 Å². The van der Waals surface area contributed by atoms with Crippen molar-refractivity contribution in [2.75, 3.05) is 13.6 Å². The van der Waals surface area contributed by atoms with Crippen LogP contribution in [0.5, 0.6) is 0 Å². The van der Waals surface area contributed by atoms with Crippen LogP contribution in [-0.4, -0.2) is 19.6 Å². The van der Waals surface area contributed by atoms with Crippen molar-refractivity contribution in [3.63, 3.8) is 0 Å². The highest BCUT2D eigenvalue weighted by Gasteiger charge is 2.21. The maximum atomic E-state index is 5.36. The average Bonchev–Trinajstić information content (AvgIpc) is 2.69. The van der Waals surface area contributed by atoms with Gasteiger partial charge in [0.15, 0.2) is 5.96 Å². The molecule has 0 aliphatic heterocycles. The zero-order valence-corrected chi connectivity index (χ0v) is 10.2. The quantitative estimate of drug-likeness (QED) is 0.519. The van der Waals surface area contributed by atoms with Gasteiger partial charge in [0, 0.05) is 13.1 Å². The Bertz CT molecular complexity index is 421. The minimum absolute atomic E-state index is 0.192. The molecular formula is C13H20N4. The van der Waals surface area contributed by atoms with E-state index in [1.54, 1.807) is 0 Å². The normalized spacial score (nSPS) is 17.8. The number of guanidine groups is 1. The van der Waals surface area contributed by atoms with Crippen LogP contribution in [0.2, 0.25) is 0 Å². The first-order valence-corrected chi connectivity index (χ1v) is 5.99. The molecule has 1 atom stereocenters. The van der Waals surface area contributed by atoms with Gasteiger partial charge in [-0.3, -0.25) is 4.99 Å². The molecule has 5 N–H and O–H groups in total. The van der Waals surface area contributed by atoms with E-state index in [1.165, 1.54) is 16.7 Å². The molecule has 1 aliphatic rings. The molecule has 1 aliphatic carbocycles. The predicted molar refractivity (Wildman–Crippen MR) is 70.8 cm³/mol. The van der Waals surface area contributed by atoms with E-state index in [1.807, 2.05) is 7.05 Å². The zero-order chi connectivity index (χ0) is 12.3. The maximum Gasteiger partial charge on any atom is 0.185 e. The molecule has 0 fully saturated rings. The Morgan fingerprint density at radius 1 is 1.35 bits per heavy atom. The van der Waals surface area contributed by atoms with Crippen molar-refractivity contribution in [3.8, 4) is 0 Å². The summed E-state index contributed by atoms with van der Waals surface area (Å²) < 4.78 is 0. The van der Waals surface area contributed by atoms with Gasteiger partial charge in [0.05, 0.1) is 0 Å². The fourth-order valence-corrected chi connectivity index (χ4v) is 2.44. The van der Waals surface area contributed by atoms with Gasteiger partial charge in [0.25, 0.3) is 0 Å². The molecule has 0 bridgehead atoms. The van der Waals surface area contributed by atoms with E-state index in [4.69, 9.17) is 11.5 Å². The van der Waals surface area contributed by atoms with Crippen molar-refractivity contribution in [2.24, 2.45) is 22.4 Å². The fraction of sp³-hybridized carbons (Fsp3) is 0.462. The van der Waals surface area contributed by atoms with Crippen LogP contribution in [0.25, 0.3) is 0 Å². The number of nitrogens with zero attached hydrogens (tertiary/aromatic N) is 1. The van der Waals surface area contributed by atoms with Crippen LogP contribution >= 0.6 is 0 Å². The molecular weight excluding hydrogens is 212 g/mol. The van der Waals surface area contributed by atoms with Gasteiger partial charge >= 0.3 is 0 Å². The van der Waals surface area contributed by atoms with E-state index < -0.39 is 0 Å². The third-order valence-electron chi connectivity index (χ3n) is 3.20. The fourth-order valence-electron chi connectivity index (χ4n) is 2.44. The number of aliphatic imine (C=N–C) groups is 1. The van der Waals surface area contributed by atoms with Gasteiger partial charge in [0.1, 0.15) is 0 Å². The largest absolute Gasteiger partial charge is 0.370 e. The third kappa shape index (κ3) is 2.97. The first kappa shape index (κ1) is 11.9. The molecule has 0 amide bonds. The van der Waals surface area contributed by atoms with Gasteiger partial charge in [-0.1, -0.05) is 18.2 Å². The summed E-state index contributed by atoms with van der Waals surface area (Å²) in [6, 6.07) is 6.72. The summed E-state index contributed by atoms with van der Waals surface area (Å²) in [5.41, 5.74) is 15.0. The molecule has 4 heteroatoms. The summed E-state index contributed by atoms with van der Waals surface area (Å²) in [5.74, 6) is 0.744. The topological polar surface area (TPSA) is 76.4 Å². The second kappa shape index (κ2) is 5.19. The van der Waals surface area contributed by atoms with E-state index in [9.17, 15) is 0 Å².